The predicted molar refractivity (Wildman–Crippen MR) is 91.1 cm³/mol. The smallest absolute Gasteiger partial charge is 0.178 e. The minimum atomic E-state index is -0.229. The molecule has 0 unspecified atom stereocenters. The second kappa shape index (κ2) is 6.45. The van der Waals surface area contributed by atoms with Crippen LogP contribution in [0.1, 0.15) is 25.7 Å². The average Bonchev–Trinajstić information content (AvgIpc) is 3.03. The van der Waals surface area contributed by atoms with Crippen LogP contribution in [0.2, 0.25) is 0 Å². The van der Waals surface area contributed by atoms with Crippen molar-refractivity contribution in [3.05, 3.63) is 36.2 Å². The molecule has 7 nitrogen and oxygen atoms in total. The Bertz CT molecular complexity index is 859. The zero-order chi connectivity index (χ0) is 17.3. The van der Waals surface area contributed by atoms with Crippen LogP contribution in [0, 0.1) is 5.92 Å². The van der Waals surface area contributed by atoms with Crippen molar-refractivity contribution in [2.75, 3.05) is 14.2 Å². The molecule has 3 rings (SSSR count). The second-order valence-electron chi connectivity index (χ2n) is 5.89. The Balaban J connectivity index is 2.09. The van der Waals surface area contributed by atoms with Gasteiger partial charge in [-0.2, -0.15) is 9.61 Å². The fourth-order valence-electron chi connectivity index (χ4n) is 2.46. The summed E-state index contributed by atoms with van der Waals surface area (Å²) in [4.78, 5) is 0. The SMILES string of the molecule is COc1ccc(-c2ccc3nnc([C@@H](N)C(C)C)n3n2)cc1OC. The van der Waals surface area contributed by atoms with Gasteiger partial charge < -0.3 is 15.2 Å². The van der Waals surface area contributed by atoms with Crippen LogP contribution in [-0.4, -0.2) is 34.0 Å². The van der Waals surface area contributed by atoms with Gasteiger partial charge in [0.25, 0.3) is 0 Å². The van der Waals surface area contributed by atoms with Gasteiger partial charge in [-0.1, -0.05) is 13.8 Å². The van der Waals surface area contributed by atoms with Gasteiger partial charge in [-0.3, -0.25) is 0 Å². The first kappa shape index (κ1) is 16.2. The number of hydrogen-bond acceptors (Lipinski definition) is 6. The van der Waals surface area contributed by atoms with E-state index < -0.39 is 0 Å². The first-order chi connectivity index (χ1) is 11.5. The molecule has 0 spiro atoms. The Hall–Kier alpha value is -2.67. The molecule has 7 heteroatoms. The molecule has 3 aromatic rings. The van der Waals surface area contributed by atoms with Gasteiger partial charge in [0.15, 0.2) is 23.0 Å². The van der Waals surface area contributed by atoms with Gasteiger partial charge in [0.05, 0.1) is 26.0 Å². The lowest BCUT2D eigenvalue weighted by Gasteiger charge is -2.13. The average molecular weight is 327 g/mol. The molecule has 0 aliphatic rings. The highest BCUT2D eigenvalue weighted by atomic mass is 16.5. The molecule has 2 heterocycles. The molecule has 24 heavy (non-hydrogen) atoms. The number of aromatic nitrogens is 4. The molecule has 126 valence electrons. The monoisotopic (exact) mass is 327 g/mol. The van der Waals surface area contributed by atoms with Gasteiger partial charge in [0.2, 0.25) is 0 Å². The Morgan fingerprint density at radius 1 is 1.00 bits per heavy atom. The second-order valence-corrected chi connectivity index (χ2v) is 5.89. The molecule has 0 radical (unpaired) electrons. The van der Waals surface area contributed by atoms with E-state index >= 15 is 0 Å². The largest absolute Gasteiger partial charge is 0.493 e. The fraction of sp³-hybridized carbons (Fsp3) is 0.353. The lowest BCUT2D eigenvalue weighted by Crippen LogP contribution is -2.20. The lowest BCUT2D eigenvalue weighted by molar-refractivity contribution is 0.355. The molecule has 0 saturated heterocycles. The van der Waals surface area contributed by atoms with Crippen LogP contribution in [-0.2, 0) is 0 Å². The van der Waals surface area contributed by atoms with Crippen molar-refractivity contribution in [2.45, 2.75) is 19.9 Å². The highest BCUT2D eigenvalue weighted by Crippen LogP contribution is 2.31. The molecule has 0 aliphatic heterocycles. The van der Waals surface area contributed by atoms with E-state index in [9.17, 15) is 0 Å². The first-order valence-corrected chi connectivity index (χ1v) is 7.75. The topological polar surface area (TPSA) is 87.6 Å². The van der Waals surface area contributed by atoms with Crippen LogP contribution in [0.5, 0.6) is 11.5 Å². The van der Waals surface area contributed by atoms with E-state index in [-0.39, 0.29) is 12.0 Å². The maximum absolute atomic E-state index is 6.22. The summed E-state index contributed by atoms with van der Waals surface area (Å²) in [5.74, 6) is 2.22. The molecule has 0 aliphatic carbocycles. The van der Waals surface area contributed by atoms with E-state index in [2.05, 4.69) is 15.3 Å². The highest BCUT2D eigenvalue weighted by Gasteiger charge is 2.18. The Kier molecular flexibility index (Phi) is 4.35. The summed E-state index contributed by atoms with van der Waals surface area (Å²) in [5, 5.41) is 13.0. The Morgan fingerprint density at radius 3 is 2.42 bits per heavy atom. The summed E-state index contributed by atoms with van der Waals surface area (Å²) in [6, 6.07) is 9.22. The van der Waals surface area contributed by atoms with Gasteiger partial charge in [0.1, 0.15) is 0 Å². The minimum Gasteiger partial charge on any atom is -0.493 e. The van der Waals surface area contributed by atoms with E-state index in [1.807, 2.05) is 44.2 Å². The number of rotatable bonds is 5. The summed E-state index contributed by atoms with van der Waals surface area (Å²) >= 11 is 0. The van der Waals surface area contributed by atoms with Crippen LogP contribution in [0.3, 0.4) is 0 Å². The Morgan fingerprint density at radius 2 is 1.75 bits per heavy atom. The van der Waals surface area contributed by atoms with Gasteiger partial charge in [0, 0.05) is 5.56 Å². The van der Waals surface area contributed by atoms with Crippen molar-refractivity contribution in [1.29, 1.82) is 0 Å². The molecule has 0 saturated carbocycles. The number of ether oxygens (including phenoxy) is 2. The Labute approximate surface area is 140 Å². The predicted octanol–water partition coefficient (Wildman–Crippen LogP) is 2.46. The maximum atomic E-state index is 6.22. The van der Waals surface area contributed by atoms with Crippen molar-refractivity contribution >= 4 is 5.65 Å². The number of nitrogens with zero attached hydrogens (tertiary/aromatic N) is 4. The molecular formula is C17H21N5O2. The summed E-state index contributed by atoms with van der Waals surface area (Å²) < 4.78 is 12.3. The summed E-state index contributed by atoms with van der Waals surface area (Å²) in [6.45, 7) is 4.09. The van der Waals surface area contributed by atoms with Crippen LogP contribution in [0.15, 0.2) is 30.3 Å². The molecule has 2 N–H and O–H groups in total. The zero-order valence-corrected chi connectivity index (χ0v) is 14.2. The number of methoxy groups -OCH3 is 2. The summed E-state index contributed by atoms with van der Waals surface area (Å²) in [7, 11) is 3.22. The number of fused-ring (bicyclic) bond motifs is 1. The molecule has 0 amide bonds. The van der Waals surface area contributed by atoms with E-state index in [1.165, 1.54) is 0 Å². The van der Waals surface area contributed by atoms with Gasteiger partial charge in [-0.25, -0.2) is 0 Å². The summed E-state index contributed by atoms with van der Waals surface area (Å²) in [6.07, 6.45) is 0. The van der Waals surface area contributed by atoms with Crippen LogP contribution in [0.25, 0.3) is 16.9 Å². The van der Waals surface area contributed by atoms with E-state index in [4.69, 9.17) is 15.2 Å². The molecule has 1 aromatic carbocycles. The molecule has 0 bridgehead atoms. The van der Waals surface area contributed by atoms with Crippen LogP contribution in [0.4, 0.5) is 0 Å². The normalized spacial score (nSPS) is 12.6. The quantitative estimate of drug-likeness (QED) is 0.774. The highest BCUT2D eigenvalue weighted by molar-refractivity contribution is 5.64. The van der Waals surface area contributed by atoms with Crippen molar-refractivity contribution in [3.8, 4) is 22.8 Å². The zero-order valence-electron chi connectivity index (χ0n) is 14.2. The third kappa shape index (κ3) is 2.78. The van der Waals surface area contributed by atoms with Crippen molar-refractivity contribution in [1.82, 2.24) is 19.8 Å². The van der Waals surface area contributed by atoms with Gasteiger partial charge in [-0.05, 0) is 36.2 Å². The number of benzene rings is 1. The number of hydrogen-bond donors (Lipinski definition) is 1. The summed E-state index contributed by atoms with van der Waals surface area (Å²) in [5.41, 5.74) is 8.58. The van der Waals surface area contributed by atoms with Gasteiger partial charge >= 0.3 is 0 Å². The minimum absolute atomic E-state index is 0.229. The van der Waals surface area contributed by atoms with Crippen molar-refractivity contribution in [2.24, 2.45) is 11.7 Å². The maximum Gasteiger partial charge on any atom is 0.178 e. The first-order valence-electron chi connectivity index (χ1n) is 7.75. The number of nitrogens with two attached hydrogens (primary N) is 1. The third-order valence-corrected chi connectivity index (χ3v) is 3.98. The van der Waals surface area contributed by atoms with E-state index in [0.717, 1.165) is 11.3 Å². The lowest BCUT2D eigenvalue weighted by atomic mass is 10.1. The molecular weight excluding hydrogens is 306 g/mol. The van der Waals surface area contributed by atoms with E-state index in [0.29, 0.717) is 23.0 Å². The molecule has 1 atom stereocenters. The van der Waals surface area contributed by atoms with Crippen molar-refractivity contribution in [3.63, 3.8) is 0 Å². The fourth-order valence-corrected chi connectivity index (χ4v) is 2.46. The standard InChI is InChI=1S/C17H21N5O2/c1-10(2)16(18)17-20-19-15-8-6-12(21-22(15)17)11-5-7-13(23-3)14(9-11)24-4/h5-10,16H,18H2,1-4H3/t16-/m0/s1. The van der Waals surface area contributed by atoms with Crippen LogP contribution < -0.4 is 15.2 Å². The van der Waals surface area contributed by atoms with Crippen LogP contribution >= 0.6 is 0 Å². The third-order valence-electron chi connectivity index (χ3n) is 3.98. The van der Waals surface area contributed by atoms with Gasteiger partial charge in [-0.15, -0.1) is 10.2 Å². The molecule has 0 fully saturated rings. The van der Waals surface area contributed by atoms with Crippen molar-refractivity contribution < 1.29 is 9.47 Å². The van der Waals surface area contributed by atoms with E-state index in [1.54, 1.807) is 18.7 Å². The molecule has 2 aromatic heterocycles.